The van der Waals surface area contributed by atoms with Gasteiger partial charge in [0.1, 0.15) is 0 Å². The zero-order valence-corrected chi connectivity index (χ0v) is 18.1. The smallest absolute Gasteiger partial charge is 0.233 e. The number of likely N-dealkylation sites (tertiary alicyclic amines) is 1. The van der Waals surface area contributed by atoms with Crippen molar-refractivity contribution in [2.24, 2.45) is 11.7 Å². The van der Waals surface area contributed by atoms with E-state index in [1.165, 1.54) is 11.8 Å². The largest absolute Gasteiger partial charge is 0.369 e. The molecule has 0 unspecified atom stereocenters. The van der Waals surface area contributed by atoms with Crippen LogP contribution >= 0.6 is 11.8 Å². The first-order valence-electron chi connectivity index (χ1n) is 10.2. The van der Waals surface area contributed by atoms with Crippen molar-refractivity contribution in [3.8, 4) is 17.1 Å². The number of nitrogens with two attached hydrogens (primary N) is 1. The Kier molecular flexibility index (Phi) is 6.31. The third-order valence-corrected chi connectivity index (χ3v) is 6.35. The van der Waals surface area contributed by atoms with Crippen molar-refractivity contribution in [3.05, 3.63) is 54.4 Å². The van der Waals surface area contributed by atoms with Crippen LogP contribution in [0.15, 0.2) is 53.9 Å². The second-order valence-electron chi connectivity index (χ2n) is 7.56. The number of hydrogen-bond acceptors (Lipinski definition) is 6. The lowest BCUT2D eigenvalue weighted by atomic mass is 9.96. The maximum Gasteiger partial charge on any atom is 0.233 e. The summed E-state index contributed by atoms with van der Waals surface area (Å²) in [7, 11) is 0. The maximum atomic E-state index is 12.7. The number of thioether (sulfide) groups is 1. The maximum absolute atomic E-state index is 12.7. The first-order chi connectivity index (χ1) is 15.0. The molecule has 4 rings (SSSR count). The van der Waals surface area contributed by atoms with Crippen LogP contribution in [-0.4, -0.2) is 55.3 Å². The zero-order valence-electron chi connectivity index (χ0n) is 17.3. The molecule has 0 bridgehead atoms. The highest BCUT2D eigenvalue weighted by Gasteiger charge is 2.26. The van der Waals surface area contributed by atoms with Crippen LogP contribution in [0.4, 0.5) is 0 Å². The standard InChI is InChI=1S/C22H24N6O2S/c1-15-2-4-18(5-3-15)28-21(17-6-10-24-11-7-17)25-26-22(28)31-14-19(29)27-12-8-16(9-13-27)20(23)30/h2-7,10-11,16H,8-9,12-14H2,1H3,(H2,23,30). The number of piperidine rings is 1. The number of amides is 2. The third-order valence-electron chi connectivity index (χ3n) is 5.44. The summed E-state index contributed by atoms with van der Waals surface area (Å²) < 4.78 is 1.96. The molecule has 31 heavy (non-hydrogen) atoms. The average Bonchev–Trinajstić information content (AvgIpc) is 3.22. The van der Waals surface area contributed by atoms with Crippen molar-refractivity contribution in [2.75, 3.05) is 18.8 Å². The highest BCUT2D eigenvalue weighted by atomic mass is 32.2. The summed E-state index contributed by atoms with van der Waals surface area (Å²) >= 11 is 1.36. The van der Waals surface area contributed by atoms with E-state index in [1.807, 2.05) is 47.9 Å². The van der Waals surface area contributed by atoms with Gasteiger partial charge < -0.3 is 10.6 Å². The molecule has 0 aliphatic carbocycles. The molecule has 1 fully saturated rings. The first kappa shape index (κ1) is 21.0. The Morgan fingerprint density at radius 3 is 2.39 bits per heavy atom. The van der Waals surface area contributed by atoms with Crippen molar-refractivity contribution < 1.29 is 9.59 Å². The number of primary amides is 1. The fourth-order valence-electron chi connectivity index (χ4n) is 3.61. The molecule has 2 amide bonds. The predicted molar refractivity (Wildman–Crippen MR) is 119 cm³/mol. The summed E-state index contributed by atoms with van der Waals surface area (Å²) in [5.41, 5.74) is 8.37. The molecule has 8 nitrogen and oxygen atoms in total. The Hall–Kier alpha value is -3.20. The molecule has 0 radical (unpaired) electrons. The summed E-state index contributed by atoms with van der Waals surface area (Å²) in [6.07, 6.45) is 4.68. The van der Waals surface area contributed by atoms with Crippen molar-refractivity contribution in [1.82, 2.24) is 24.6 Å². The fraction of sp³-hybridized carbons (Fsp3) is 0.318. The number of pyridine rings is 1. The zero-order chi connectivity index (χ0) is 21.8. The van der Waals surface area contributed by atoms with Gasteiger partial charge in [-0.3, -0.25) is 19.1 Å². The fourth-order valence-corrected chi connectivity index (χ4v) is 4.46. The van der Waals surface area contributed by atoms with Gasteiger partial charge in [-0.05, 0) is 44.0 Å². The minimum Gasteiger partial charge on any atom is -0.369 e. The van der Waals surface area contributed by atoms with Gasteiger partial charge in [0.05, 0.1) is 5.75 Å². The quantitative estimate of drug-likeness (QED) is 0.595. The highest BCUT2D eigenvalue weighted by molar-refractivity contribution is 7.99. The Morgan fingerprint density at radius 1 is 1.06 bits per heavy atom. The van der Waals surface area contributed by atoms with Crippen LogP contribution in [-0.2, 0) is 9.59 Å². The van der Waals surface area contributed by atoms with Gasteiger partial charge >= 0.3 is 0 Å². The molecule has 0 saturated carbocycles. The second kappa shape index (κ2) is 9.30. The summed E-state index contributed by atoms with van der Waals surface area (Å²) in [6, 6.07) is 11.9. The van der Waals surface area contributed by atoms with E-state index in [4.69, 9.17) is 5.73 Å². The molecule has 160 valence electrons. The van der Waals surface area contributed by atoms with E-state index in [0.29, 0.717) is 36.9 Å². The molecule has 3 aromatic rings. The van der Waals surface area contributed by atoms with Crippen LogP contribution in [0.1, 0.15) is 18.4 Å². The lowest BCUT2D eigenvalue weighted by Crippen LogP contribution is -2.42. The number of carbonyl (C=O) groups is 2. The molecular formula is C22H24N6O2S. The van der Waals surface area contributed by atoms with Gasteiger partial charge in [0.2, 0.25) is 11.8 Å². The van der Waals surface area contributed by atoms with E-state index in [0.717, 1.165) is 16.8 Å². The molecule has 0 atom stereocenters. The molecule has 2 N–H and O–H groups in total. The van der Waals surface area contributed by atoms with Crippen LogP contribution < -0.4 is 5.73 Å². The molecule has 1 saturated heterocycles. The van der Waals surface area contributed by atoms with Crippen molar-refractivity contribution in [3.63, 3.8) is 0 Å². The normalized spacial score (nSPS) is 14.5. The molecule has 1 aliphatic rings. The van der Waals surface area contributed by atoms with E-state index in [1.54, 1.807) is 17.3 Å². The Labute approximate surface area is 184 Å². The summed E-state index contributed by atoms with van der Waals surface area (Å²) in [4.78, 5) is 30.0. The van der Waals surface area contributed by atoms with Gasteiger partial charge in [0.15, 0.2) is 11.0 Å². The lowest BCUT2D eigenvalue weighted by molar-refractivity contribution is -0.132. The van der Waals surface area contributed by atoms with Gasteiger partial charge in [-0.1, -0.05) is 29.5 Å². The topological polar surface area (TPSA) is 107 Å². The van der Waals surface area contributed by atoms with Crippen LogP contribution in [0, 0.1) is 12.8 Å². The minimum absolute atomic E-state index is 0.0248. The summed E-state index contributed by atoms with van der Waals surface area (Å²) in [5, 5.41) is 9.41. The Morgan fingerprint density at radius 2 is 1.74 bits per heavy atom. The molecule has 0 spiro atoms. The van der Waals surface area contributed by atoms with Crippen LogP contribution in [0.25, 0.3) is 17.1 Å². The lowest BCUT2D eigenvalue weighted by Gasteiger charge is -2.30. The number of carbonyl (C=O) groups excluding carboxylic acids is 2. The Bertz CT molecular complexity index is 1060. The summed E-state index contributed by atoms with van der Waals surface area (Å²) in [5.74, 6) is 0.558. The second-order valence-corrected chi connectivity index (χ2v) is 8.50. The van der Waals surface area contributed by atoms with Crippen molar-refractivity contribution in [2.45, 2.75) is 24.9 Å². The monoisotopic (exact) mass is 436 g/mol. The highest BCUT2D eigenvalue weighted by Crippen LogP contribution is 2.28. The molecule has 3 heterocycles. The molecule has 1 aliphatic heterocycles. The van der Waals surface area contributed by atoms with Gasteiger partial charge in [0.25, 0.3) is 0 Å². The number of rotatable bonds is 6. The molecule has 2 aromatic heterocycles. The number of aryl methyl sites for hydroxylation is 1. The molecule has 9 heteroatoms. The average molecular weight is 437 g/mol. The number of nitrogens with zero attached hydrogens (tertiary/aromatic N) is 5. The van der Waals surface area contributed by atoms with Gasteiger partial charge in [-0.25, -0.2) is 0 Å². The van der Waals surface area contributed by atoms with E-state index in [2.05, 4.69) is 15.2 Å². The van der Waals surface area contributed by atoms with Gasteiger partial charge in [0, 0.05) is 42.7 Å². The molecular weight excluding hydrogens is 412 g/mol. The third kappa shape index (κ3) is 4.77. The minimum atomic E-state index is -0.281. The van der Waals surface area contributed by atoms with E-state index in [9.17, 15) is 9.59 Å². The van der Waals surface area contributed by atoms with E-state index in [-0.39, 0.29) is 23.5 Å². The van der Waals surface area contributed by atoms with Gasteiger partial charge in [-0.2, -0.15) is 0 Å². The van der Waals surface area contributed by atoms with E-state index < -0.39 is 0 Å². The van der Waals surface area contributed by atoms with Crippen LogP contribution in [0.3, 0.4) is 0 Å². The molecule has 1 aromatic carbocycles. The first-order valence-corrected chi connectivity index (χ1v) is 11.1. The predicted octanol–water partition coefficient (Wildman–Crippen LogP) is 2.45. The SMILES string of the molecule is Cc1ccc(-n2c(SCC(=O)N3CCC(C(N)=O)CC3)nnc2-c2ccncc2)cc1. The van der Waals surface area contributed by atoms with Gasteiger partial charge in [-0.15, -0.1) is 10.2 Å². The van der Waals surface area contributed by atoms with Crippen LogP contribution in [0.5, 0.6) is 0 Å². The van der Waals surface area contributed by atoms with E-state index >= 15 is 0 Å². The van der Waals surface area contributed by atoms with Crippen molar-refractivity contribution >= 4 is 23.6 Å². The van der Waals surface area contributed by atoms with Crippen LogP contribution in [0.2, 0.25) is 0 Å². The number of aromatic nitrogens is 4. The van der Waals surface area contributed by atoms with Crippen molar-refractivity contribution in [1.29, 1.82) is 0 Å². The summed E-state index contributed by atoms with van der Waals surface area (Å²) in [6.45, 7) is 3.15. The Balaban J connectivity index is 1.53. The number of hydrogen-bond donors (Lipinski definition) is 1. The number of benzene rings is 1.